The summed E-state index contributed by atoms with van der Waals surface area (Å²) in [4.78, 5) is 11.1. The van der Waals surface area contributed by atoms with E-state index >= 15 is 0 Å². The number of amides is 1. The molecule has 0 aromatic heterocycles. The van der Waals surface area contributed by atoms with Crippen LogP contribution in [0.3, 0.4) is 0 Å². The first-order valence-electron chi connectivity index (χ1n) is 6.54. The highest BCUT2D eigenvalue weighted by Gasteiger charge is 2.08. The SMILES string of the molecule is CNCc1ccc(OCc2cc(C(N)=O)ccc2F)cc1. The summed E-state index contributed by atoms with van der Waals surface area (Å²) in [7, 11) is 1.87. The van der Waals surface area contributed by atoms with Crippen LogP contribution in [0.4, 0.5) is 4.39 Å². The molecular weight excluding hydrogens is 271 g/mol. The minimum absolute atomic E-state index is 0.0400. The maximum Gasteiger partial charge on any atom is 0.248 e. The molecule has 21 heavy (non-hydrogen) atoms. The van der Waals surface area contributed by atoms with Gasteiger partial charge >= 0.3 is 0 Å². The van der Waals surface area contributed by atoms with Crippen molar-refractivity contribution in [3.63, 3.8) is 0 Å². The maximum absolute atomic E-state index is 13.7. The van der Waals surface area contributed by atoms with Gasteiger partial charge in [-0.15, -0.1) is 0 Å². The van der Waals surface area contributed by atoms with Gasteiger partial charge in [0.15, 0.2) is 0 Å². The maximum atomic E-state index is 13.7. The van der Waals surface area contributed by atoms with E-state index in [2.05, 4.69) is 5.32 Å². The summed E-state index contributed by atoms with van der Waals surface area (Å²) in [5.74, 6) is -0.377. The summed E-state index contributed by atoms with van der Waals surface area (Å²) < 4.78 is 19.2. The molecule has 0 unspecified atom stereocenters. The molecule has 0 saturated carbocycles. The van der Waals surface area contributed by atoms with Crippen LogP contribution in [-0.4, -0.2) is 13.0 Å². The van der Waals surface area contributed by atoms with Crippen LogP contribution in [0, 0.1) is 5.82 Å². The molecule has 5 heteroatoms. The molecule has 4 nitrogen and oxygen atoms in total. The fourth-order valence-corrected chi connectivity index (χ4v) is 1.91. The molecule has 0 heterocycles. The van der Waals surface area contributed by atoms with Gasteiger partial charge in [-0.1, -0.05) is 12.1 Å². The van der Waals surface area contributed by atoms with Gasteiger partial charge in [-0.3, -0.25) is 4.79 Å². The van der Waals surface area contributed by atoms with Crippen LogP contribution < -0.4 is 15.8 Å². The van der Waals surface area contributed by atoms with E-state index in [0.29, 0.717) is 11.3 Å². The van der Waals surface area contributed by atoms with Crippen LogP contribution in [0.1, 0.15) is 21.5 Å². The van der Waals surface area contributed by atoms with Gasteiger partial charge in [0.1, 0.15) is 18.2 Å². The van der Waals surface area contributed by atoms with Crippen LogP contribution in [0.5, 0.6) is 5.75 Å². The standard InChI is InChI=1S/C16H17FN2O2/c1-19-9-11-2-5-14(6-3-11)21-10-13-8-12(16(18)20)4-7-15(13)17/h2-8,19H,9-10H2,1H3,(H2,18,20). The Morgan fingerprint density at radius 1 is 1.24 bits per heavy atom. The highest BCUT2D eigenvalue weighted by molar-refractivity contribution is 5.92. The Bertz CT molecular complexity index is 627. The molecular formula is C16H17FN2O2. The zero-order chi connectivity index (χ0) is 15.2. The van der Waals surface area contributed by atoms with E-state index in [1.54, 1.807) is 0 Å². The van der Waals surface area contributed by atoms with E-state index in [4.69, 9.17) is 10.5 Å². The lowest BCUT2D eigenvalue weighted by Gasteiger charge is -2.09. The lowest BCUT2D eigenvalue weighted by atomic mass is 10.1. The Hall–Kier alpha value is -2.40. The first kappa shape index (κ1) is 15.0. The van der Waals surface area contributed by atoms with Gasteiger partial charge < -0.3 is 15.8 Å². The number of nitrogens with one attached hydrogen (secondary N) is 1. The predicted octanol–water partition coefficient (Wildman–Crippen LogP) is 2.22. The predicted molar refractivity (Wildman–Crippen MR) is 78.5 cm³/mol. The number of carbonyl (C=O) groups excluding carboxylic acids is 1. The topological polar surface area (TPSA) is 64.3 Å². The molecule has 3 N–H and O–H groups in total. The average molecular weight is 288 g/mol. The van der Waals surface area contributed by atoms with Crippen LogP contribution in [0.2, 0.25) is 0 Å². The number of rotatable bonds is 6. The fourth-order valence-electron chi connectivity index (χ4n) is 1.91. The Balaban J connectivity index is 2.05. The summed E-state index contributed by atoms with van der Waals surface area (Å²) in [6, 6.07) is 11.5. The van der Waals surface area contributed by atoms with E-state index in [-0.39, 0.29) is 12.2 Å². The van der Waals surface area contributed by atoms with Crippen molar-refractivity contribution < 1.29 is 13.9 Å². The molecule has 0 spiro atoms. The molecule has 0 aliphatic carbocycles. The summed E-state index contributed by atoms with van der Waals surface area (Å²) in [6.07, 6.45) is 0. The minimum Gasteiger partial charge on any atom is -0.489 e. The van der Waals surface area contributed by atoms with Crippen molar-refractivity contribution in [3.8, 4) is 5.75 Å². The molecule has 0 aliphatic rings. The molecule has 0 aliphatic heterocycles. The van der Waals surface area contributed by atoms with Crippen molar-refractivity contribution in [1.82, 2.24) is 5.32 Å². The fraction of sp³-hybridized carbons (Fsp3) is 0.188. The quantitative estimate of drug-likeness (QED) is 0.856. The number of primary amides is 1. The molecule has 0 saturated heterocycles. The number of carbonyl (C=O) groups is 1. The first-order chi connectivity index (χ1) is 10.1. The summed E-state index contributed by atoms with van der Waals surface area (Å²) in [6.45, 7) is 0.813. The summed E-state index contributed by atoms with van der Waals surface area (Å²) >= 11 is 0. The van der Waals surface area contributed by atoms with Gasteiger partial charge in [0.25, 0.3) is 0 Å². The molecule has 2 rings (SSSR count). The van der Waals surface area contributed by atoms with E-state index in [9.17, 15) is 9.18 Å². The van der Waals surface area contributed by atoms with Gasteiger partial charge in [-0.25, -0.2) is 4.39 Å². The van der Waals surface area contributed by atoms with E-state index in [1.165, 1.54) is 18.2 Å². The van der Waals surface area contributed by atoms with Crippen LogP contribution in [0.25, 0.3) is 0 Å². The zero-order valence-corrected chi connectivity index (χ0v) is 11.7. The zero-order valence-electron chi connectivity index (χ0n) is 11.7. The lowest BCUT2D eigenvalue weighted by molar-refractivity contribution is 0.1000. The van der Waals surface area contributed by atoms with Crippen molar-refractivity contribution in [2.75, 3.05) is 7.05 Å². The number of nitrogens with two attached hydrogens (primary N) is 1. The third-order valence-electron chi connectivity index (χ3n) is 3.03. The monoisotopic (exact) mass is 288 g/mol. The molecule has 0 fully saturated rings. The molecule has 0 radical (unpaired) electrons. The van der Waals surface area contributed by atoms with Crippen LogP contribution in [0.15, 0.2) is 42.5 Å². The molecule has 0 atom stereocenters. The van der Waals surface area contributed by atoms with Crippen molar-refractivity contribution >= 4 is 5.91 Å². The number of halogens is 1. The second-order valence-corrected chi connectivity index (χ2v) is 4.63. The van der Waals surface area contributed by atoms with Crippen molar-refractivity contribution in [2.45, 2.75) is 13.2 Å². The number of benzene rings is 2. The second-order valence-electron chi connectivity index (χ2n) is 4.63. The van der Waals surface area contributed by atoms with Gasteiger partial charge in [-0.2, -0.15) is 0 Å². The Kier molecular flexibility index (Phi) is 4.90. The lowest BCUT2D eigenvalue weighted by Crippen LogP contribution is -2.12. The van der Waals surface area contributed by atoms with E-state index in [1.807, 2.05) is 31.3 Å². The first-order valence-corrected chi connectivity index (χ1v) is 6.54. The molecule has 2 aromatic carbocycles. The highest BCUT2D eigenvalue weighted by Crippen LogP contribution is 2.16. The van der Waals surface area contributed by atoms with Crippen LogP contribution >= 0.6 is 0 Å². The van der Waals surface area contributed by atoms with E-state index in [0.717, 1.165) is 12.1 Å². The summed E-state index contributed by atoms with van der Waals surface area (Å²) in [5.41, 5.74) is 6.87. The Morgan fingerprint density at radius 2 is 1.95 bits per heavy atom. The van der Waals surface area contributed by atoms with Crippen molar-refractivity contribution in [1.29, 1.82) is 0 Å². The normalized spacial score (nSPS) is 10.4. The molecule has 2 aromatic rings. The van der Waals surface area contributed by atoms with Gasteiger partial charge in [0.2, 0.25) is 5.91 Å². The number of ether oxygens (including phenoxy) is 1. The molecule has 110 valence electrons. The molecule has 1 amide bonds. The Morgan fingerprint density at radius 3 is 2.57 bits per heavy atom. The van der Waals surface area contributed by atoms with E-state index < -0.39 is 11.7 Å². The highest BCUT2D eigenvalue weighted by atomic mass is 19.1. The third kappa shape index (κ3) is 4.03. The van der Waals surface area contributed by atoms with Crippen LogP contribution in [-0.2, 0) is 13.2 Å². The molecule has 0 bridgehead atoms. The third-order valence-corrected chi connectivity index (χ3v) is 3.03. The summed E-state index contributed by atoms with van der Waals surface area (Å²) in [5, 5.41) is 3.05. The second kappa shape index (κ2) is 6.85. The van der Waals surface area contributed by atoms with Gasteiger partial charge in [-0.05, 0) is 42.9 Å². The number of hydrogen-bond donors (Lipinski definition) is 2. The number of hydrogen-bond acceptors (Lipinski definition) is 3. The largest absolute Gasteiger partial charge is 0.489 e. The van der Waals surface area contributed by atoms with Gasteiger partial charge in [0.05, 0.1) is 0 Å². The minimum atomic E-state index is -0.590. The van der Waals surface area contributed by atoms with Crippen molar-refractivity contribution in [2.24, 2.45) is 5.73 Å². The smallest absolute Gasteiger partial charge is 0.248 e. The van der Waals surface area contributed by atoms with Crippen molar-refractivity contribution in [3.05, 3.63) is 65.0 Å². The van der Waals surface area contributed by atoms with Gasteiger partial charge in [0, 0.05) is 17.7 Å². The average Bonchev–Trinajstić information content (AvgIpc) is 2.48. The Labute approximate surface area is 122 Å².